The first-order valence-corrected chi connectivity index (χ1v) is 7.97. The van der Waals surface area contributed by atoms with Crippen molar-refractivity contribution in [2.45, 2.75) is 13.1 Å². The minimum absolute atomic E-state index is 0. The lowest BCUT2D eigenvalue weighted by atomic mass is 10.1. The van der Waals surface area contributed by atoms with Gasteiger partial charge in [-0.3, -0.25) is 4.90 Å². The third kappa shape index (κ3) is 5.81. The number of hydrogen-bond donors (Lipinski definition) is 1. The summed E-state index contributed by atoms with van der Waals surface area (Å²) in [5.74, 6) is 2.13. The molecule has 0 radical (unpaired) electrons. The maximum absolute atomic E-state index is 5.79. The molecule has 0 spiro atoms. The highest BCUT2D eigenvalue weighted by Gasteiger charge is 2.15. The van der Waals surface area contributed by atoms with Gasteiger partial charge >= 0.3 is 0 Å². The van der Waals surface area contributed by atoms with E-state index in [1.807, 2.05) is 30.3 Å². The first-order valence-electron chi connectivity index (χ1n) is 7.97. The average molecular weight is 367 g/mol. The van der Waals surface area contributed by atoms with Crippen molar-refractivity contribution in [3.8, 4) is 17.2 Å². The van der Waals surface area contributed by atoms with Crippen molar-refractivity contribution in [1.29, 1.82) is 0 Å². The van der Waals surface area contributed by atoms with Crippen molar-refractivity contribution in [2.75, 3.05) is 34.4 Å². The van der Waals surface area contributed by atoms with Crippen molar-refractivity contribution in [3.63, 3.8) is 0 Å². The van der Waals surface area contributed by atoms with Crippen molar-refractivity contribution >= 4 is 12.4 Å². The van der Waals surface area contributed by atoms with Crippen LogP contribution in [0.3, 0.4) is 0 Å². The molecule has 2 N–H and O–H groups in total. The van der Waals surface area contributed by atoms with E-state index in [2.05, 4.69) is 17.0 Å². The standard InChI is InChI=1S/C19H26N2O3.ClH/c1-22-17-12-19(24-3)18(23-2)11-16(17)14-21(10-9-20)13-15-7-5-4-6-8-15;/h4-8,11-12H,9-10,13-14,20H2,1-3H3;1H. The summed E-state index contributed by atoms with van der Waals surface area (Å²) in [5.41, 5.74) is 8.09. The van der Waals surface area contributed by atoms with Crippen molar-refractivity contribution in [2.24, 2.45) is 5.73 Å². The first kappa shape index (κ1) is 21.1. The van der Waals surface area contributed by atoms with Crippen molar-refractivity contribution < 1.29 is 14.2 Å². The lowest BCUT2D eigenvalue weighted by Gasteiger charge is -2.23. The van der Waals surface area contributed by atoms with Gasteiger partial charge in [-0.2, -0.15) is 0 Å². The van der Waals surface area contributed by atoms with Gasteiger partial charge in [-0.15, -0.1) is 12.4 Å². The predicted molar refractivity (Wildman–Crippen MR) is 103 cm³/mol. The highest BCUT2D eigenvalue weighted by Crippen LogP contribution is 2.35. The Hall–Kier alpha value is -1.95. The maximum atomic E-state index is 5.79. The Labute approximate surface area is 156 Å². The Morgan fingerprint density at radius 1 is 0.840 bits per heavy atom. The summed E-state index contributed by atoms with van der Waals surface area (Å²) in [6.07, 6.45) is 0. The topological polar surface area (TPSA) is 57.0 Å². The Balaban J connectivity index is 0.00000312. The number of methoxy groups -OCH3 is 3. The van der Waals surface area contributed by atoms with E-state index in [4.69, 9.17) is 19.9 Å². The molecule has 2 aromatic rings. The minimum Gasteiger partial charge on any atom is -0.496 e. The molecule has 0 aliphatic heterocycles. The Bertz CT molecular complexity index is 638. The van der Waals surface area contributed by atoms with Gasteiger partial charge in [0.2, 0.25) is 0 Å². The summed E-state index contributed by atoms with van der Waals surface area (Å²) >= 11 is 0. The van der Waals surface area contributed by atoms with Crippen LogP contribution in [0.5, 0.6) is 17.2 Å². The number of nitrogens with two attached hydrogens (primary N) is 1. The number of benzene rings is 2. The molecule has 2 rings (SSSR count). The summed E-state index contributed by atoms with van der Waals surface area (Å²) in [5, 5.41) is 0. The lowest BCUT2D eigenvalue weighted by molar-refractivity contribution is 0.258. The van der Waals surface area contributed by atoms with E-state index in [9.17, 15) is 0 Å². The van der Waals surface area contributed by atoms with Gasteiger partial charge in [0.25, 0.3) is 0 Å². The highest BCUT2D eigenvalue weighted by molar-refractivity contribution is 5.85. The second-order valence-corrected chi connectivity index (χ2v) is 5.50. The molecule has 6 heteroatoms. The van der Waals surface area contributed by atoms with E-state index in [0.29, 0.717) is 18.0 Å². The van der Waals surface area contributed by atoms with Crippen molar-refractivity contribution in [3.05, 3.63) is 53.6 Å². The smallest absolute Gasteiger partial charge is 0.164 e. The molecule has 0 saturated carbocycles. The molecule has 0 heterocycles. The largest absolute Gasteiger partial charge is 0.496 e. The number of nitrogens with zero attached hydrogens (tertiary/aromatic N) is 1. The highest BCUT2D eigenvalue weighted by atomic mass is 35.5. The van der Waals surface area contributed by atoms with E-state index < -0.39 is 0 Å². The Kier molecular flexibility index (Phi) is 9.13. The van der Waals surface area contributed by atoms with Crippen molar-refractivity contribution in [1.82, 2.24) is 4.90 Å². The summed E-state index contributed by atoms with van der Waals surface area (Å²) in [7, 11) is 4.91. The van der Waals surface area contributed by atoms with Gasteiger partial charge in [-0.25, -0.2) is 0 Å². The van der Waals surface area contributed by atoms with Crippen LogP contribution >= 0.6 is 12.4 Å². The maximum Gasteiger partial charge on any atom is 0.164 e. The van der Waals surface area contributed by atoms with Gasteiger partial charge in [0.15, 0.2) is 11.5 Å². The van der Waals surface area contributed by atoms with Gasteiger partial charge in [-0.1, -0.05) is 30.3 Å². The average Bonchev–Trinajstić information content (AvgIpc) is 2.62. The Morgan fingerprint density at radius 3 is 2.00 bits per heavy atom. The second kappa shape index (κ2) is 10.8. The summed E-state index contributed by atoms with van der Waals surface area (Å²) in [6, 6.07) is 14.2. The van der Waals surface area contributed by atoms with Crippen LogP contribution < -0.4 is 19.9 Å². The molecule has 0 amide bonds. The second-order valence-electron chi connectivity index (χ2n) is 5.50. The van der Waals surface area contributed by atoms with Crippen LogP contribution in [0.4, 0.5) is 0 Å². The van der Waals surface area contributed by atoms with E-state index in [1.165, 1.54) is 5.56 Å². The van der Waals surface area contributed by atoms with Crippen LogP contribution in [0, 0.1) is 0 Å². The zero-order valence-electron chi connectivity index (χ0n) is 15.0. The molecule has 25 heavy (non-hydrogen) atoms. The molecule has 5 nitrogen and oxygen atoms in total. The minimum atomic E-state index is 0. The molecule has 2 aromatic carbocycles. The van der Waals surface area contributed by atoms with Gasteiger partial charge in [0.1, 0.15) is 5.75 Å². The number of ether oxygens (including phenoxy) is 3. The lowest BCUT2D eigenvalue weighted by Crippen LogP contribution is -2.29. The molecule has 0 aliphatic carbocycles. The third-order valence-corrected chi connectivity index (χ3v) is 3.87. The van der Waals surface area contributed by atoms with Gasteiger partial charge in [0, 0.05) is 37.8 Å². The van der Waals surface area contributed by atoms with E-state index in [1.54, 1.807) is 21.3 Å². The summed E-state index contributed by atoms with van der Waals surface area (Å²) < 4.78 is 16.3. The number of rotatable bonds is 9. The molecular formula is C19H27ClN2O3. The van der Waals surface area contributed by atoms with Gasteiger partial charge in [-0.05, 0) is 11.6 Å². The monoisotopic (exact) mass is 366 g/mol. The molecule has 0 fully saturated rings. The number of hydrogen-bond acceptors (Lipinski definition) is 5. The summed E-state index contributed by atoms with van der Waals surface area (Å²) in [6.45, 7) is 2.94. The summed E-state index contributed by atoms with van der Waals surface area (Å²) in [4.78, 5) is 2.29. The molecular weight excluding hydrogens is 340 g/mol. The van der Waals surface area contributed by atoms with Crippen LogP contribution in [0.1, 0.15) is 11.1 Å². The molecule has 0 bridgehead atoms. The predicted octanol–water partition coefficient (Wildman–Crippen LogP) is 3.10. The third-order valence-electron chi connectivity index (χ3n) is 3.87. The zero-order chi connectivity index (χ0) is 17.4. The fourth-order valence-electron chi connectivity index (χ4n) is 2.70. The zero-order valence-corrected chi connectivity index (χ0v) is 15.8. The normalized spacial score (nSPS) is 10.3. The molecule has 0 saturated heterocycles. The van der Waals surface area contributed by atoms with Crippen LogP contribution in [0.2, 0.25) is 0 Å². The van der Waals surface area contributed by atoms with E-state index in [-0.39, 0.29) is 12.4 Å². The molecule has 0 atom stereocenters. The van der Waals surface area contributed by atoms with Crippen LogP contribution in [-0.4, -0.2) is 39.3 Å². The van der Waals surface area contributed by atoms with E-state index >= 15 is 0 Å². The molecule has 0 unspecified atom stereocenters. The van der Waals surface area contributed by atoms with Crippen LogP contribution in [0.15, 0.2) is 42.5 Å². The molecule has 138 valence electrons. The van der Waals surface area contributed by atoms with Crippen LogP contribution in [-0.2, 0) is 13.1 Å². The molecule has 0 aromatic heterocycles. The first-order chi connectivity index (χ1) is 11.7. The quantitative estimate of drug-likeness (QED) is 0.739. The molecule has 0 aliphatic rings. The number of halogens is 1. The SMILES string of the molecule is COc1cc(OC)c(OC)cc1CN(CCN)Cc1ccccc1.Cl. The van der Waals surface area contributed by atoms with Crippen LogP contribution in [0.25, 0.3) is 0 Å². The fourth-order valence-corrected chi connectivity index (χ4v) is 2.70. The fraction of sp³-hybridized carbons (Fsp3) is 0.368. The van der Waals surface area contributed by atoms with E-state index in [0.717, 1.165) is 30.9 Å². The van der Waals surface area contributed by atoms with Gasteiger partial charge < -0.3 is 19.9 Å². The Morgan fingerprint density at radius 2 is 1.44 bits per heavy atom. The van der Waals surface area contributed by atoms with Gasteiger partial charge in [0.05, 0.1) is 21.3 Å².